The normalized spacial score (nSPS) is 15.1. The summed E-state index contributed by atoms with van der Waals surface area (Å²) in [7, 11) is 4.00. The van der Waals surface area contributed by atoms with E-state index in [1.54, 1.807) is 0 Å². The smallest absolute Gasteiger partial charge is 0.288 e. The number of rotatable bonds is 7. The average molecular weight is 417 g/mol. The molecule has 0 spiro atoms. The van der Waals surface area contributed by atoms with Crippen molar-refractivity contribution >= 4 is 28.9 Å². The monoisotopic (exact) mass is 416 g/mol. The molecule has 1 saturated heterocycles. The third-order valence-corrected chi connectivity index (χ3v) is 5.56. The van der Waals surface area contributed by atoms with E-state index in [-0.39, 0.29) is 28.2 Å². The van der Waals surface area contributed by atoms with Gasteiger partial charge >= 0.3 is 0 Å². The Morgan fingerprint density at radius 1 is 1.21 bits per heavy atom. The Labute approximate surface area is 175 Å². The molecular formula is C21H25ClN4O3. The van der Waals surface area contributed by atoms with Gasteiger partial charge in [0.25, 0.3) is 11.6 Å². The van der Waals surface area contributed by atoms with Crippen LogP contribution in [-0.4, -0.2) is 49.5 Å². The number of nitrogens with one attached hydrogen (secondary N) is 1. The van der Waals surface area contributed by atoms with Gasteiger partial charge in [-0.25, -0.2) is 0 Å². The number of hydrogen-bond acceptors (Lipinski definition) is 5. The maximum Gasteiger partial charge on any atom is 0.288 e. The molecule has 2 aromatic carbocycles. The molecule has 8 heteroatoms. The van der Waals surface area contributed by atoms with E-state index in [9.17, 15) is 14.9 Å². The first kappa shape index (κ1) is 21.1. The molecule has 2 aromatic rings. The molecule has 0 unspecified atom stereocenters. The Morgan fingerprint density at radius 2 is 1.86 bits per heavy atom. The Bertz CT molecular complexity index is 880. The van der Waals surface area contributed by atoms with Crippen molar-refractivity contribution in [2.75, 3.05) is 38.6 Å². The highest BCUT2D eigenvalue weighted by atomic mass is 35.5. The van der Waals surface area contributed by atoms with Crippen LogP contribution in [0.1, 0.15) is 34.8 Å². The van der Waals surface area contributed by atoms with Crippen molar-refractivity contribution in [2.24, 2.45) is 0 Å². The number of halogens is 1. The lowest BCUT2D eigenvalue weighted by Gasteiger charge is -2.28. The molecule has 154 valence electrons. The van der Waals surface area contributed by atoms with E-state index in [0.29, 0.717) is 6.54 Å². The van der Waals surface area contributed by atoms with Gasteiger partial charge in [-0.1, -0.05) is 23.7 Å². The molecule has 0 bridgehead atoms. The summed E-state index contributed by atoms with van der Waals surface area (Å²) < 4.78 is 0. The number of nitrogens with zero attached hydrogens (tertiary/aromatic N) is 3. The number of likely N-dealkylation sites (tertiary alicyclic amines) is 1. The summed E-state index contributed by atoms with van der Waals surface area (Å²) in [6.45, 7) is 2.40. The fraction of sp³-hybridized carbons (Fsp3) is 0.381. The average Bonchev–Trinajstić information content (AvgIpc) is 3.23. The van der Waals surface area contributed by atoms with E-state index in [1.165, 1.54) is 18.2 Å². The first-order valence-electron chi connectivity index (χ1n) is 9.60. The van der Waals surface area contributed by atoms with Crippen LogP contribution in [0.25, 0.3) is 0 Å². The third kappa shape index (κ3) is 5.05. The lowest BCUT2D eigenvalue weighted by atomic mass is 10.0. The molecule has 3 rings (SSSR count). The van der Waals surface area contributed by atoms with Crippen LogP contribution in [0.3, 0.4) is 0 Å². The van der Waals surface area contributed by atoms with E-state index < -0.39 is 4.92 Å². The summed E-state index contributed by atoms with van der Waals surface area (Å²) in [6, 6.07) is 12.5. The van der Waals surface area contributed by atoms with Gasteiger partial charge in [-0.3, -0.25) is 19.8 Å². The first-order chi connectivity index (χ1) is 13.9. The van der Waals surface area contributed by atoms with E-state index >= 15 is 0 Å². The van der Waals surface area contributed by atoms with Crippen molar-refractivity contribution in [2.45, 2.75) is 18.9 Å². The fourth-order valence-electron chi connectivity index (χ4n) is 3.59. The second-order valence-corrected chi connectivity index (χ2v) is 7.79. The zero-order valence-corrected chi connectivity index (χ0v) is 17.4. The van der Waals surface area contributed by atoms with Crippen molar-refractivity contribution < 1.29 is 9.72 Å². The Balaban J connectivity index is 1.75. The Kier molecular flexibility index (Phi) is 6.71. The molecule has 1 amide bonds. The molecule has 1 aliphatic rings. The number of nitro benzene ring substituents is 1. The molecule has 1 N–H and O–H groups in total. The van der Waals surface area contributed by atoms with Crippen LogP contribution in [0.4, 0.5) is 11.4 Å². The van der Waals surface area contributed by atoms with Crippen LogP contribution in [0, 0.1) is 10.1 Å². The summed E-state index contributed by atoms with van der Waals surface area (Å²) in [4.78, 5) is 27.5. The maximum absolute atomic E-state index is 12.6. The van der Waals surface area contributed by atoms with Gasteiger partial charge in [0.15, 0.2) is 0 Å². The maximum atomic E-state index is 12.6. The van der Waals surface area contributed by atoms with Crippen LogP contribution < -0.4 is 10.2 Å². The highest BCUT2D eigenvalue weighted by Gasteiger charge is 2.25. The van der Waals surface area contributed by atoms with E-state index in [1.807, 2.05) is 19.0 Å². The van der Waals surface area contributed by atoms with Gasteiger partial charge in [0, 0.05) is 38.0 Å². The number of nitro groups is 1. The number of benzene rings is 2. The standard InChI is InChI=1S/C21H25ClN4O3/c1-24(2)17-8-5-15(6-9-17)20(25-11-3-4-12-25)14-23-21(27)16-7-10-18(22)19(13-16)26(28)29/h5-10,13,20H,3-4,11-12,14H2,1-2H3,(H,23,27)/t20-/m1/s1. The molecule has 1 heterocycles. The molecule has 0 aliphatic carbocycles. The molecular weight excluding hydrogens is 392 g/mol. The molecule has 0 radical (unpaired) electrons. The highest BCUT2D eigenvalue weighted by Crippen LogP contribution is 2.27. The Morgan fingerprint density at radius 3 is 2.45 bits per heavy atom. The number of carbonyl (C=O) groups is 1. The molecule has 0 saturated carbocycles. The Hall–Kier alpha value is -2.64. The molecule has 29 heavy (non-hydrogen) atoms. The van der Waals surface area contributed by atoms with Gasteiger partial charge in [0.2, 0.25) is 0 Å². The molecule has 1 fully saturated rings. The molecule has 1 atom stereocenters. The van der Waals surface area contributed by atoms with Gasteiger partial charge in [0.05, 0.1) is 11.0 Å². The van der Waals surface area contributed by atoms with Gasteiger partial charge in [-0.2, -0.15) is 0 Å². The quantitative estimate of drug-likeness (QED) is 0.547. The van der Waals surface area contributed by atoms with Crippen molar-refractivity contribution in [3.63, 3.8) is 0 Å². The van der Waals surface area contributed by atoms with Crippen molar-refractivity contribution in [3.05, 3.63) is 68.7 Å². The predicted molar refractivity (Wildman–Crippen MR) is 115 cm³/mol. The number of carbonyl (C=O) groups excluding carboxylic acids is 1. The SMILES string of the molecule is CN(C)c1ccc([C@@H](CNC(=O)c2ccc(Cl)c([N+](=O)[O-])c2)N2CCCC2)cc1. The third-order valence-electron chi connectivity index (χ3n) is 5.24. The summed E-state index contributed by atoms with van der Waals surface area (Å²) in [5.74, 6) is -0.348. The summed E-state index contributed by atoms with van der Waals surface area (Å²) in [5.41, 5.74) is 2.21. The lowest BCUT2D eigenvalue weighted by Crippen LogP contribution is -2.36. The summed E-state index contributed by atoms with van der Waals surface area (Å²) >= 11 is 5.84. The highest BCUT2D eigenvalue weighted by molar-refractivity contribution is 6.32. The largest absolute Gasteiger partial charge is 0.378 e. The number of amides is 1. The zero-order chi connectivity index (χ0) is 21.0. The minimum absolute atomic E-state index is 0.0162. The zero-order valence-electron chi connectivity index (χ0n) is 16.6. The van der Waals surface area contributed by atoms with Crippen LogP contribution in [-0.2, 0) is 0 Å². The molecule has 7 nitrogen and oxygen atoms in total. The first-order valence-corrected chi connectivity index (χ1v) is 9.98. The number of anilines is 1. The van der Waals surface area contributed by atoms with Gasteiger partial charge in [0.1, 0.15) is 5.02 Å². The van der Waals surface area contributed by atoms with Crippen molar-refractivity contribution in [3.8, 4) is 0 Å². The van der Waals surface area contributed by atoms with Crippen molar-refractivity contribution in [1.29, 1.82) is 0 Å². The van der Waals surface area contributed by atoms with Crippen LogP contribution >= 0.6 is 11.6 Å². The van der Waals surface area contributed by atoms with E-state index in [0.717, 1.165) is 37.2 Å². The van der Waals surface area contributed by atoms with Crippen LogP contribution in [0.5, 0.6) is 0 Å². The fourth-order valence-corrected chi connectivity index (χ4v) is 3.78. The lowest BCUT2D eigenvalue weighted by molar-refractivity contribution is -0.384. The van der Waals surface area contributed by atoms with Crippen LogP contribution in [0.2, 0.25) is 5.02 Å². The van der Waals surface area contributed by atoms with Crippen molar-refractivity contribution in [1.82, 2.24) is 10.2 Å². The second-order valence-electron chi connectivity index (χ2n) is 7.38. The minimum Gasteiger partial charge on any atom is -0.378 e. The summed E-state index contributed by atoms with van der Waals surface area (Å²) in [6.07, 6.45) is 2.28. The van der Waals surface area contributed by atoms with E-state index in [4.69, 9.17) is 11.6 Å². The van der Waals surface area contributed by atoms with Gasteiger partial charge in [-0.05, 0) is 55.8 Å². The van der Waals surface area contributed by atoms with Gasteiger partial charge < -0.3 is 10.2 Å². The number of hydrogen-bond donors (Lipinski definition) is 1. The summed E-state index contributed by atoms with van der Waals surface area (Å²) in [5, 5.41) is 14.0. The predicted octanol–water partition coefficient (Wildman–Crippen LogP) is 3.88. The minimum atomic E-state index is -0.585. The second kappa shape index (κ2) is 9.24. The molecule has 0 aromatic heterocycles. The van der Waals surface area contributed by atoms with E-state index in [2.05, 4.69) is 34.5 Å². The van der Waals surface area contributed by atoms with Gasteiger partial charge in [-0.15, -0.1) is 0 Å². The topological polar surface area (TPSA) is 78.7 Å². The molecule has 1 aliphatic heterocycles. The van der Waals surface area contributed by atoms with Crippen LogP contribution in [0.15, 0.2) is 42.5 Å².